The monoisotopic (exact) mass is 563 g/mol. The lowest BCUT2D eigenvalue weighted by Gasteiger charge is -2.33. The summed E-state index contributed by atoms with van der Waals surface area (Å²) in [5.41, 5.74) is 1.17. The topological polar surface area (TPSA) is 96.0 Å². The van der Waals surface area contributed by atoms with Crippen LogP contribution < -0.4 is 14.4 Å². The first-order valence-electron chi connectivity index (χ1n) is 13.7. The summed E-state index contributed by atoms with van der Waals surface area (Å²) in [5.74, 6) is -0.00195. The summed E-state index contributed by atoms with van der Waals surface area (Å²) in [7, 11) is -2.49. The predicted molar refractivity (Wildman–Crippen MR) is 155 cm³/mol. The summed E-state index contributed by atoms with van der Waals surface area (Å²) in [5, 5.41) is 3.13. The van der Waals surface area contributed by atoms with E-state index in [4.69, 9.17) is 4.74 Å². The van der Waals surface area contributed by atoms with Gasteiger partial charge in [0, 0.05) is 12.6 Å². The number of nitrogens with zero attached hydrogens (tertiary/aromatic N) is 2. The van der Waals surface area contributed by atoms with Gasteiger partial charge in [-0.25, -0.2) is 8.42 Å². The number of nitrogens with one attached hydrogen (secondary N) is 1. The van der Waals surface area contributed by atoms with E-state index < -0.39 is 28.5 Å². The van der Waals surface area contributed by atoms with Gasteiger partial charge in [-0.05, 0) is 61.2 Å². The molecule has 1 saturated carbocycles. The zero-order chi connectivity index (χ0) is 28.5. The van der Waals surface area contributed by atoms with Gasteiger partial charge in [-0.1, -0.05) is 68.3 Å². The molecule has 0 bridgehead atoms. The van der Waals surface area contributed by atoms with E-state index in [9.17, 15) is 18.0 Å². The Morgan fingerprint density at radius 1 is 0.925 bits per heavy atom. The number of carbonyl (C=O) groups excluding carboxylic acids is 2. The van der Waals surface area contributed by atoms with Gasteiger partial charge in [-0.15, -0.1) is 0 Å². The van der Waals surface area contributed by atoms with Crippen LogP contribution in [-0.4, -0.2) is 50.9 Å². The number of hydrogen-bond donors (Lipinski definition) is 1. The number of carbonyl (C=O) groups is 2. The summed E-state index contributed by atoms with van der Waals surface area (Å²) in [6.45, 7) is 1.56. The quantitative estimate of drug-likeness (QED) is 0.343. The number of rotatable bonds is 12. The van der Waals surface area contributed by atoms with Gasteiger partial charge in [0.05, 0.1) is 17.7 Å². The van der Waals surface area contributed by atoms with E-state index in [0.29, 0.717) is 17.9 Å². The van der Waals surface area contributed by atoms with E-state index in [-0.39, 0.29) is 23.4 Å². The Kier molecular flexibility index (Phi) is 9.82. The number of anilines is 1. The highest BCUT2D eigenvalue weighted by molar-refractivity contribution is 7.92. The average Bonchev–Trinajstić information content (AvgIpc) is 3.50. The van der Waals surface area contributed by atoms with E-state index in [1.807, 2.05) is 19.1 Å². The normalized spacial score (nSPS) is 14.3. The maximum Gasteiger partial charge on any atom is 0.264 e. The number of ether oxygens (including phenoxy) is 1. The van der Waals surface area contributed by atoms with E-state index in [1.54, 1.807) is 67.8 Å². The van der Waals surface area contributed by atoms with Crippen LogP contribution >= 0.6 is 0 Å². The molecule has 0 heterocycles. The number of amides is 2. The average molecular weight is 564 g/mol. The Balaban J connectivity index is 1.68. The molecular weight excluding hydrogens is 526 g/mol. The third kappa shape index (κ3) is 7.01. The van der Waals surface area contributed by atoms with Crippen LogP contribution in [0, 0.1) is 0 Å². The van der Waals surface area contributed by atoms with Crippen molar-refractivity contribution in [2.24, 2.45) is 0 Å². The Morgan fingerprint density at radius 2 is 1.52 bits per heavy atom. The molecule has 1 fully saturated rings. The lowest BCUT2D eigenvalue weighted by molar-refractivity contribution is -0.140. The van der Waals surface area contributed by atoms with E-state index in [2.05, 4.69) is 5.32 Å². The fourth-order valence-electron chi connectivity index (χ4n) is 5.06. The van der Waals surface area contributed by atoms with Gasteiger partial charge in [0.25, 0.3) is 10.0 Å². The molecule has 0 unspecified atom stereocenters. The van der Waals surface area contributed by atoms with E-state index in [0.717, 1.165) is 35.6 Å². The molecule has 8 nitrogen and oxygen atoms in total. The van der Waals surface area contributed by atoms with Crippen molar-refractivity contribution in [3.8, 4) is 5.75 Å². The van der Waals surface area contributed by atoms with Crippen LogP contribution in [0.15, 0.2) is 89.8 Å². The largest absolute Gasteiger partial charge is 0.497 e. The molecule has 1 aliphatic rings. The maximum atomic E-state index is 14.1. The minimum atomic E-state index is -4.07. The lowest BCUT2D eigenvalue weighted by Crippen LogP contribution is -2.53. The molecular formula is C31H37N3O5S. The van der Waals surface area contributed by atoms with Crippen molar-refractivity contribution in [2.45, 2.75) is 62.6 Å². The second kappa shape index (κ2) is 13.5. The standard InChI is InChI=1S/C31H37N3O5S/c1-3-29(31(36)32-25-12-10-11-13-25)33(22-24-18-20-27(39-2)21-19-24)30(35)23-34(26-14-6-4-7-15-26)40(37,38)28-16-8-5-9-17-28/h4-9,14-21,25,29H,3,10-13,22-23H2,1-2H3,(H,32,36)/t29-/m0/s1. The third-order valence-corrected chi connectivity index (χ3v) is 9.04. The fourth-order valence-corrected chi connectivity index (χ4v) is 6.49. The van der Waals surface area contributed by atoms with Gasteiger partial charge in [-0.2, -0.15) is 0 Å². The van der Waals surface area contributed by atoms with Crippen LogP contribution in [0.5, 0.6) is 5.75 Å². The number of hydrogen-bond acceptors (Lipinski definition) is 5. The summed E-state index contributed by atoms with van der Waals surface area (Å²) < 4.78 is 34.0. The molecule has 0 saturated heterocycles. The van der Waals surface area contributed by atoms with Crippen molar-refractivity contribution in [3.05, 3.63) is 90.5 Å². The molecule has 212 valence electrons. The number of methoxy groups -OCH3 is 1. The van der Waals surface area contributed by atoms with Crippen molar-refractivity contribution in [1.82, 2.24) is 10.2 Å². The molecule has 2 amide bonds. The van der Waals surface area contributed by atoms with Crippen molar-refractivity contribution < 1.29 is 22.7 Å². The zero-order valence-corrected chi connectivity index (χ0v) is 23.8. The lowest BCUT2D eigenvalue weighted by atomic mass is 10.1. The fraction of sp³-hybridized carbons (Fsp3) is 0.355. The van der Waals surface area contributed by atoms with Gasteiger partial charge in [0.1, 0.15) is 18.3 Å². The summed E-state index contributed by atoms with van der Waals surface area (Å²) >= 11 is 0. The zero-order valence-electron chi connectivity index (χ0n) is 23.0. The van der Waals surface area contributed by atoms with Crippen molar-refractivity contribution >= 4 is 27.5 Å². The van der Waals surface area contributed by atoms with Gasteiger partial charge >= 0.3 is 0 Å². The highest BCUT2D eigenvalue weighted by Gasteiger charge is 2.34. The van der Waals surface area contributed by atoms with Gasteiger partial charge < -0.3 is 15.0 Å². The van der Waals surface area contributed by atoms with Crippen molar-refractivity contribution in [1.29, 1.82) is 0 Å². The molecule has 3 aromatic rings. The third-order valence-electron chi connectivity index (χ3n) is 7.25. The minimum absolute atomic E-state index is 0.0828. The summed E-state index contributed by atoms with van der Waals surface area (Å²) in [6.07, 6.45) is 4.37. The first kappa shape index (κ1) is 29.1. The van der Waals surface area contributed by atoms with Crippen LogP contribution in [0.2, 0.25) is 0 Å². The maximum absolute atomic E-state index is 14.1. The number of sulfonamides is 1. The molecule has 0 aliphatic heterocycles. The first-order valence-corrected chi connectivity index (χ1v) is 15.1. The van der Waals surface area contributed by atoms with Crippen molar-refractivity contribution in [2.75, 3.05) is 18.0 Å². The van der Waals surface area contributed by atoms with Crippen LogP contribution in [0.25, 0.3) is 0 Å². The van der Waals surface area contributed by atoms with Crippen LogP contribution in [0.3, 0.4) is 0 Å². The summed E-state index contributed by atoms with van der Waals surface area (Å²) in [6, 6.07) is 23.2. The summed E-state index contributed by atoms with van der Waals surface area (Å²) in [4.78, 5) is 29.2. The molecule has 3 aromatic carbocycles. The molecule has 40 heavy (non-hydrogen) atoms. The second-order valence-corrected chi connectivity index (χ2v) is 11.8. The smallest absolute Gasteiger partial charge is 0.264 e. The van der Waals surface area contributed by atoms with Crippen LogP contribution in [0.1, 0.15) is 44.6 Å². The Labute approximate surface area is 237 Å². The second-order valence-electron chi connectivity index (χ2n) is 9.94. The highest BCUT2D eigenvalue weighted by atomic mass is 32.2. The predicted octanol–water partition coefficient (Wildman–Crippen LogP) is 4.76. The van der Waals surface area contributed by atoms with Gasteiger partial charge in [0.2, 0.25) is 11.8 Å². The van der Waals surface area contributed by atoms with E-state index in [1.165, 1.54) is 17.0 Å². The molecule has 0 aromatic heterocycles. The van der Waals surface area contributed by atoms with E-state index >= 15 is 0 Å². The highest BCUT2D eigenvalue weighted by Crippen LogP contribution is 2.25. The molecule has 0 radical (unpaired) electrons. The number of benzene rings is 3. The molecule has 0 spiro atoms. The Hall–Kier alpha value is -3.85. The Bertz CT molecular complexity index is 1360. The first-order chi connectivity index (χ1) is 19.3. The van der Waals surface area contributed by atoms with Crippen molar-refractivity contribution in [3.63, 3.8) is 0 Å². The number of para-hydroxylation sites is 1. The van der Waals surface area contributed by atoms with Crippen LogP contribution in [-0.2, 0) is 26.2 Å². The molecule has 4 rings (SSSR count). The molecule has 1 aliphatic carbocycles. The van der Waals surface area contributed by atoms with Gasteiger partial charge in [-0.3, -0.25) is 13.9 Å². The SMILES string of the molecule is CC[C@@H](C(=O)NC1CCCC1)N(Cc1ccc(OC)cc1)C(=O)CN(c1ccccc1)S(=O)(=O)c1ccccc1. The van der Waals surface area contributed by atoms with Crippen LogP contribution in [0.4, 0.5) is 5.69 Å². The molecule has 1 atom stereocenters. The molecule has 1 N–H and O–H groups in total. The van der Waals surface area contributed by atoms with Gasteiger partial charge in [0.15, 0.2) is 0 Å². The minimum Gasteiger partial charge on any atom is -0.497 e. The molecule has 9 heteroatoms. The Morgan fingerprint density at radius 3 is 2.10 bits per heavy atom.